The molecule has 6 nitrogen and oxygen atoms in total. The fourth-order valence-electron chi connectivity index (χ4n) is 2.56. The molecule has 2 aromatic carbocycles. The molecule has 0 aliphatic carbocycles. The number of carbonyl (C=O) groups is 1. The van der Waals surface area contributed by atoms with Gasteiger partial charge in [-0.3, -0.25) is 4.79 Å². The summed E-state index contributed by atoms with van der Waals surface area (Å²) >= 11 is 0. The highest BCUT2D eigenvalue weighted by atomic mass is 16.2. The third-order valence-corrected chi connectivity index (χ3v) is 3.52. The van der Waals surface area contributed by atoms with Gasteiger partial charge in [0.1, 0.15) is 6.54 Å². The van der Waals surface area contributed by atoms with Crippen LogP contribution in [0.15, 0.2) is 42.5 Å². The van der Waals surface area contributed by atoms with E-state index in [9.17, 15) is 4.79 Å². The Kier molecular flexibility index (Phi) is 2.38. The second-order valence-electron chi connectivity index (χ2n) is 4.99. The highest BCUT2D eigenvalue weighted by Gasteiger charge is 2.24. The number of anilines is 4. The summed E-state index contributed by atoms with van der Waals surface area (Å²) in [6, 6.07) is 13.2. The first-order valence-corrected chi connectivity index (χ1v) is 6.62. The smallest absolute Gasteiger partial charge is 0.244 e. The quantitative estimate of drug-likeness (QED) is 0.596. The number of nitrogen functional groups attached to an aromatic ring is 1. The lowest BCUT2D eigenvalue weighted by Gasteiger charge is -2.28. The van der Waals surface area contributed by atoms with E-state index >= 15 is 0 Å². The second kappa shape index (κ2) is 4.24. The summed E-state index contributed by atoms with van der Waals surface area (Å²) in [5.74, 6) is 0.576. The Labute approximate surface area is 120 Å². The van der Waals surface area contributed by atoms with Crippen LogP contribution in [0.5, 0.6) is 0 Å². The molecule has 1 aliphatic heterocycles. The summed E-state index contributed by atoms with van der Waals surface area (Å²) in [5, 5.41) is 2.86. The Morgan fingerprint density at radius 2 is 2.05 bits per heavy atom. The lowest BCUT2D eigenvalue weighted by atomic mass is 10.2. The Morgan fingerprint density at radius 3 is 2.95 bits per heavy atom. The van der Waals surface area contributed by atoms with Crippen LogP contribution in [0.25, 0.3) is 11.0 Å². The number of hydrogen-bond acceptors (Lipinski definition) is 4. The maximum absolute atomic E-state index is 11.9. The third kappa shape index (κ3) is 1.88. The van der Waals surface area contributed by atoms with Crippen molar-refractivity contribution >= 4 is 40.0 Å². The largest absolute Gasteiger partial charge is 0.399 e. The Balaban J connectivity index is 1.86. The average molecular weight is 279 g/mol. The number of hydrogen-bond donors (Lipinski definition) is 3. The van der Waals surface area contributed by atoms with Gasteiger partial charge in [-0.25, -0.2) is 4.98 Å². The number of carbonyl (C=O) groups excluding carboxylic acids is 1. The van der Waals surface area contributed by atoms with E-state index in [0.29, 0.717) is 11.6 Å². The van der Waals surface area contributed by atoms with Crippen molar-refractivity contribution in [2.24, 2.45) is 0 Å². The number of aromatic amines is 1. The van der Waals surface area contributed by atoms with Crippen molar-refractivity contribution in [3.05, 3.63) is 42.5 Å². The van der Waals surface area contributed by atoms with Gasteiger partial charge in [0.15, 0.2) is 0 Å². The zero-order chi connectivity index (χ0) is 14.4. The lowest BCUT2D eigenvalue weighted by molar-refractivity contribution is -0.115. The van der Waals surface area contributed by atoms with Crippen LogP contribution in [-0.4, -0.2) is 22.4 Å². The zero-order valence-corrected chi connectivity index (χ0v) is 11.1. The maximum atomic E-state index is 11.9. The molecule has 0 atom stereocenters. The molecular formula is C15H13N5O. The molecule has 21 heavy (non-hydrogen) atoms. The summed E-state index contributed by atoms with van der Waals surface area (Å²) < 4.78 is 0. The van der Waals surface area contributed by atoms with Crippen LogP contribution in [0.3, 0.4) is 0 Å². The van der Waals surface area contributed by atoms with Crippen LogP contribution in [0.4, 0.5) is 23.0 Å². The van der Waals surface area contributed by atoms with Crippen molar-refractivity contribution in [2.45, 2.75) is 0 Å². The van der Waals surface area contributed by atoms with Crippen LogP contribution >= 0.6 is 0 Å². The van der Waals surface area contributed by atoms with E-state index < -0.39 is 0 Å². The lowest BCUT2D eigenvalue weighted by Crippen LogP contribution is -2.35. The molecule has 6 heteroatoms. The molecule has 0 radical (unpaired) electrons. The molecule has 1 aliphatic rings. The molecular weight excluding hydrogens is 266 g/mol. The van der Waals surface area contributed by atoms with Gasteiger partial charge in [-0.1, -0.05) is 12.1 Å². The van der Waals surface area contributed by atoms with Gasteiger partial charge >= 0.3 is 0 Å². The number of nitrogens with one attached hydrogen (secondary N) is 2. The molecule has 0 unspecified atom stereocenters. The van der Waals surface area contributed by atoms with Crippen molar-refractivity contribution < 1.29 is 4.79 Å². The van der Waals surface area contributed by atoms with Crippen LogP contribution < -0.4 is 16.0 Å². The summed E-state index contributed by atoms with van der Waals surface area (Å²) in [7, 11) is 0. The molecule has 1 aromatic heterocycles. The molecule has 0 bridgehead atoms. The minimum Gasteiger partial charge on any atom is -0.399 e. The Bertz CT molecular complexity index is 854. The van der Waals surface area contributed by atoms with Gasteiger partial charge in [0, 0.05) is 5.69 Å². The molecule has 4 rings (SSSR count). The van der Waals surface area contributed by atoms with Gasteiger partial charge in [-0.2, -0.15) is 0 Å². The van der Waals surface area contributed by atoms with E-state index in [1.807, 2.05) is 47.4 Å². The number of nitrogens with zero attached hydrogens (tertiary/aromatic N) is 2. The molecule has 4 N–H and O–H groups in total. The van der Waals surface area contributed by atoms with Crippen LogP contribution in [0.2, 0.25) is 0 Å². The van der Waals surface area contributed by atoms with E-state index in [4.69, 9.17) is 5.73 Å². The topological polar surface area (TPSA) is 87.0 Å². The molecule has 104 valence electrons. The van der Waals surface area contributed by atoms with Crippen molar-refractivity contribution in [2.75, 3.05) is 22.5 Å². The second-order valence-corrected chi connectivity index (χ2v) is 4.99. The molecule has 2 heterocycles. The molecule has 3 aromatic rings. The molecule has 0 spiro atoms. The van der Waals surface area contributed by atoms with E-state index in [1.54, 1.807) is 0 Å². The number of para-hydroxylation sites is 2. The van der Waals surface area contributed by atoms with Gasteiger partial charge in [0.25, 0.3) is 0 Å². The number of nitrogens with two attached hydrogens (primary N) is 1. The van der Waals surface area contributed by atoms with Crippen molar-refractivity contribution in [3.63, 3.8) is 0 Å². The summed E-state index contributed by atoms with van der Waals surface area (Å²) in [5.41, 5.74) is 9.84. The fraction of sp³-hybridized carbons (Fsp3) is 0.0667. The summed E-state index contributed by atoms with van der Waals surface area (Å²) in [6.07, 6.45) is 0. The minimum absolute atomic E-state index is 0.0614. The van der Waals surface area contributed by atoms with Crippen LogP contribution in [0.1, 0.15) is 0 Å². The zero-order valence-electron chi connectivity index (χ0n) is 11.1. The first-order valence-electron chi connectivity index (χ1n) is 6.62. The molecule has 0 fully saturated rings. The number of rotatable bonds is 1. The molecule has 1 amide bonds. The van der Waals surface area contributed by atoms with Gasteiger partial charge in [-0.05, 0) is 30.3 Å². The minimum atomic E-state index is -0.0614. The molecule has 0 saturated carbocycles. The first kappa shape index (κ1) is 11.8. The Hall–Kier alpha value is -3.02. The number of imidazole rings is 1. The van der Waals surface area contributed by atoms with Crippen LogP contribution in [-0.2, 0) is 4.79 Å². The van der Waals surface area contributed by atoms with E-state index in [1.165, 1.54) is 0 Å². The number of benzene rings is 2. The monoisotopic (exact) mass is 279 g/mol. The number of aromatic nitrogens is 2. The summed E-state index contributed by atoms with van der Waals surface area (Å²) in [6.45, 7) is 0.228. The van der Waals surface area contributed by atoms with Crippen LogP contribution in [0, 0.1) is 0 Å². The van der Waals surface area contributed by atoms with Gasteiger partial charge in [0.2, 0.25) is 11.9 Å². The highest BCUT2D eigenvalue weighted by Crippen LogP contribution is 2.34. The maximum Gasteiger partial charge on any atom is 0.244 e. The van der Waals surface area contributed by atoms with Crippen molar-refractivity contribution in [1.29, 1.82) is 0 Å². The summed E-state index contributed by atoms with van der Waals surface area (Å²) in [4.78, 5) is 21.5. The van der Waals surface area contributed by atoms with Gasteiger partial charge in [0.05, 0.1) is 22.4 Å². The fourth-order valence-corrected chi connectivity index (χ4v) is 2.56. The predicted molar refractivity (Wildman–Crippen MR) is 82.6 cm³/mol. The molecule has 0 saturated heterocycles. The number of H-pyrrole nitrogens is 1. The normalized spacial score (nSPS) is 14.1. The third-order valence-electron chi connectivity index (χ3n) is 3.52. The van der Waals surface area contributed by atoms with Crippen molar-refractivity contribution in [1.82, 2.24) is 9.97 Å². The standard InChI is InChI=1S/C15H13N5O/c16-9-5-6-10-12(7-9)19-15(18-10)20-8-14(21)17-11-3-1-2-4-13(11)20/h1-7H,8,16H2,(H,17,21)(H,18,19). The van der Waals surface area contributed by atoms with Gasteiger partial charge < -0.3 is 20.9 Å². The number of amides is 1. The highest BCUT2D eigenvalue weighted by molar-refractivity contribution is 6.03. The average Bonchev–Trinajstić information content (AvgIpc) is 2.89. The van der Waals surface area contributed by atoms with Crippen molar-refractivity contribution in [3.8, 4) is 0 Å². The Morgan fingerprint density at radius 1 is 1.19 bits per heavy atom. The number of fused-ring (bicyclic) bond motifs is 2. The van der Waals surface area contributed by atoms with E-state index in [-0.39, 0.29) is 12.5 Å². The van der Waals surface area contributed by atoms with Gasteiger partial charge in [-0.15, -0.1) is 0 Å². The first-order chi connectivity index (χ1) is 10.2. The van der Waals surface area contributed by atoms with E-state index in [0.717, 1.165) is 22.4 Å². The predicted octanol–water partition coefficient (Wildman–Crippen LogP) is 2.24. The SMILES string of the molecule is Nc1ccc2nc(N3CC(=O)Nc4ccccc43)[nH]c2c1. The van der Waals surface area contributed by atoms with E-state index in [2.05, 4.69) is 15.3 Å².